The van der Waals surface area contributed by atoms with Gasteiger partial charge in [-0.05, 0) is 76.1 Å². The van der Waals surface area contributed by atoms with Crippen LogP contribution in [0.4, 0.5) is 5.69 Å². The highest BCUT2D eigenvalue weighted by atomic mass is 32.2. The Bertz CT molecular complexity index is 1390. The molecular weight excluding hydrogens is 526 g/mol. The van der Waals surface area contributed by atoms with Gasteiger partial charge in [-0.3, -0.25) is 13.9 Å². The third-order valence-corrected chi connectivity index (χ3v) is 8.68. The number of methoxy groups -OCH3 is 1. The van der Waals surface area contributed by atoms with Gasteiger partial charge in [-0.15, -0.1) is 0 Å². The Morgan fingerprint density at radius 1 is 0.875 bits per heavy atom. The minimum absolute atomic E-state index is 0.0225. The third-order valence-electron chi connectivity index (χ3n) is 6.89. The van der Waals surface area contributed by atoms with Crippen molar-refractivity contribution in [1.82, 2.24) is 10.2 Å². The van der Waals surface area contributed by atoms with Crippen molar-refractivity contribution in [2.24, 2.45) is 0 Å². The zero-order chi connectivity index (χ0) is 29.4. The molecule has 1 N–H and O–H groups in total. The van der Waals surface area contributed by atoms with E-state index in [1.165, 1.54) is 24.1 Å². The summed E-state index contributed by atoms with van der Waals surface area (Å²) in [5.74, 6) is -0.276. The topological polar surface area (TPSA) is 96.0 Å². The average molecular weight is 566 g/mol. The van der Waals surface area contributed by atoms with Crippen molar-refractivity contribution in [1.29, 1.82) is 0 Å². The van der Waals surface area contributed by atoms with Crippen molar-refractivity contribution < 1.29 is 22.7 Å². The molecule has 0 unspecified atom stereocenters. The molecule has 0 heterocycles. The van der Waals surface area contributed by atoms with Gasteiger partial charge in [-0.25, -0.2) is 8.42 Å². The SMILES string of the molecule is CC[C@H](C)NC(=O)[C@@H](C)N(Cc1ccc(C)cc1)C(=O)CN(c1ccc(C)cc1)S(=O)(=O)c1ccc(OC)cc1. The van der Waals surface area contributed by atoms with Gasteiger partial charge in [0.1, 0.15) is 18.3 Å². The zero-order valence-corrected chi connectivity index (χ0v) is 24.9. The lowest BCUT2D eigenvalue weighted by atomic mass is 10.1. The molecule has 3 aromatic rings. The van der Waals surface area contributed by atoms with Crippen molar-refractivity contribution in [3.05, 3.63) is 89.5 Å². The molecule has 3 rings (SSSR count). The maximum Gasteiger partial charge on any atom is 0.264 e. The molecule has 0 aliphatic heterocycles. The van der Waals surface area contributed by atoms with Crippen LogP contribution < -0.4 is 14.4 Å². The van der Waals surface area contributed by atoms with E-state index in [1.54, 1.807) is 43.3 Å². The molecule has 0 aromatic heterocycles. The van der Waals surface area contributed by atoms with Gasteiger partial charge in [-0.2, -0.15) is 0 Å². The molecular formula is C31H39N3O5S. The van der Waals surface area contributed by atoms with E-state index in [9.17, 15) is 18.0 Å². The van der Waals surface area contributed by atoms with E-state index in [-0.39, 0.29) is 23.4 Å². The molecule has 0 fully saturated rings. The lowest BCUT2D eigenvalue weighted by molar-refractivity contribution is -0.139. The number of rotatable bonds is 12. The molecule has 2 atom stereocenters. The third kappa shape index (κ3) is 7.63. The molecule has 0 aliphatic rings. The van der Waals surface area contributed by atoms with Crippen LogP contribution in [0.15, 0.2) is 77.7 Å². The van der Waals surface area contributed by atoms with Crippen molar-refractivity contribution >= 4 is 27.5 Å². The molecule has 0 spiro atoms. The van der Waals surface area contributed by atoms with Crippen molar-refractivity contribution in [3.8, 4) is 5.75 Å². The Morgan fingerprint density at radius 3 is 1.95 bits per heavy atom. The van der Waals surface area contributed by atoms with Gasteiger partial charge in [0.2, 0.25) is 11.8 Å². The van der Waals surface area contributed by atoms with Crippen LogP contribution >= 0.6 is 0 Å². The number of carbonyl (C=O) groups excluding carboxylic acids is 2. The number of nitrogens with zero attached hydrogens (tertiary/aromatic N) is 2. The molecule has 2 amide bonds. The highest BCUT2D eigenvalue weighted by Gasteiger charge is 2.32. The van der Waals surface area contributed by atoms with Gasteiger partial charge in [0.25, 0.3) is 10.0 Å². The Kier molecular flexibility index (Phi) is 10.3. The van der Waals surface area contributed by atoms with E-state index >= 15 is 0 Å². The minimum atomic E-state index is -4.14. The molecule has 9 heteroatoms. The molecule has 0 radical (unpaired) electrons. The van der Waals surface area contributed by atoms with Gasteiger partial charge in [0.15, 0.2) is 0 Å². The summed E-state index contributed by atoms with van der Waals surface area (Å²) in [5.41, 5.74) is 3.21. The van der Waals surface area contributed by atoms with Crippen LogP contribution in [0.1, 0.15) is 43.9 Å². The number of hydrogen-bond donors (Lipinski definition) is 1. The quantitative estimate of drug-likeness (QED) is 0.339. The maximum absolute atomic E-state index is 14.0. The van der Waals surface area contributed by atoms with Crippen molar-refractivity contribution in [2.75, 3.05) is 18.0 Å². The lowest BCUT2D eigenvalue weighted by Crippen LogP contribution is -2.52. The summed E-state index contributed by atoms with van der Waals surface area (Å²) in [7, 11) is -2.64. The van der Waals surface area contributed by atoms with E-state index in [1.807, 2.05) is 52.0 Å². The van der Waals surface area contributed by atoms with Crippen LogP contribution in [0, 0.1) is 13.8 Å². The molecule has 0 aliphatic carbocycles. The molecule has 0 saturated heterocycles. The second kappa shape index (κ2) is 13.5. The lowest BCUT2D eigenvalue weighted by Gasteiger charge is -2.32. The zero-order valence-electron chi connectivity index (χ0n) is 24.0. The van der Waals surface area contributed by atoms with E-state index in [0.717, 1.165) is 27.4 Å². The van der Waals surface area contributed by atoms with Crippen LogP contribution in [-0.4, -0.2) is 50.9 Å². The smallest absolute Gasteiger partial charge is 0.264 e. The highest BCUT2D eigenvalue weighted by Crippen LogP contribution is 2.26. The summed E-state index contributed by atoms with van der Waals surface area (Å²) < 4.78 is 34.1. The van der Waals surface area contributed by atoms with Crippen LogP contribution in [0.5, 0.6) is 5.75 Å². The van der Waals surface area contributed by atoms with E-state index < -0.39 is 28.5 Å². The van der Waals surface area contributed by atoms with Crippen LogP contribution in [0.3, 0.4) is 0 Å². The first kappa shape index (κ1) is 30.7. The number of carbonyl (C=O) groups is 2. The van der Waals surface area contributed by atoms with Gasteiger partial charge in [0, 0.05) is 12.6 Å². The molecule has 8 nitrogen and oxygen atoms in total. The maximum atomic E-state index is 14.0. The number of aryl methyl sites for hydroxylation is 2. The summed E-state index contributed by atoms with van der Waals surface area (Å²) >= 11 is 0. The fourth-order valence-electron chi connectivity index (χ4n) is 4.05. The average Bonchev–Trinajstić information content (AvgIpc) is 2.95. The molecule has 0 saturated carbocycles. The predicted molar refractivity (Wildman–Crippen MR) is 158 cm³/mol. The predicted octanol–water partition coefficient (Wildman–Crippen LogP) is 4.84. The monoisotopic (exact) mass is 565 g/mol. The van der Waals surface area contributed by atoms with Crippen LogP contribution in [-0.2, 0) is 26.2 Å². The standard InChI is InChI=1S/C31H39N3O5S/c1-7-24(4)32-31(36)25(5)33(20-26-12-8-22(2)9-13-26)30(35)21-34(27-14-10-23(3)11-15-27)40(37,38)29-18-16-28(39-6)17-19-29/h8-19,24-25H,7,20-21H2,1-6H3,(H,32,36)/t24-,25+/m0/s1. The van der Waals surface area contributed by atoms with Gasteiger partial charge in [-0.1, -0.05) is 54.4 Å². The number of ether oxygens (including phenoxy) is 1. The minimum Gasteiger partial charge on any atom is -0.497 e. The van der Waals surface area contributed by atoms with Gasteiger partial charge in [0.05, 0.1) is 17.7 Å². The molecule has 214 valence electrons. The number of amides is 2. The summed E-state index contributed by atoms with van der Waals surface area (Å²) in [6, 6.07) is 19.8. The number of benzene rings is 3. The van der Waals surface area contributed by atoms with Crippen LogP contribution in [0.2, 0.25) is 0 Å². The first-order chi connectivity index (χ1) is 19.0. The Labute approximate surface area is 238 Å². The Morgan fingerprint density at radius 2 is 1.43 bits per heavy atom. The van der Waals surface area contributed by atoms with E-state index in [2.05, 4.69) is 5.32 Å². The Hall–Kier alpha value is -3.85. The fraction of sp³-hybridized carbons (Fsp3) is 0.355. The fourth-order valence-corrected chi connectivity index (χ4v) is 5.47. The van der Waals surface area contributed by atoms with E-state index in [0.29, 0.717) is 11.4 Å². The van der Waals surface area contributed by atoms with Crippen molar-refractivity contribution in [3.63, 3.8) is 0 Å². The Balaban J connectivity index is 2.01. The number of nitrogens with one attached hydrogen (secondary N) is 1. The summed E-state index contributed by atoms with van der Waals surface area (Å²) in [4.78, 5) is 28.6. The second-order valence-corrected chi connectivity index (χ2v) is 11.9. The highest BCUT2D eigenvalue weighted by molar-refractivity contribution is 7.92. The summed E-state index contributed by atoms with van der Waals surface area (Å²) in [6.45, 7) is 9.07. The van der Waals surface area contributed by atoms with Crippen LogP contribution in [0.25, 0.3) is 0 Å². The second-order valence-electron chi connectivity index (χ2n) is 10.0. The number of anilines is 1. The first-order valence-corrected chi connectivity index (χ1v) is 14.8. The number of sulfonamides is 1. The van der Waals surface area contributed by atoms with Gasteiger partial charge >= 0.3 is 0 Å². The van der Waals surface area contributed by atoms with Crippen molar-refractivity contribution in [2.45, 2.75) is 64.6 Å². The molecule has 40 heavy (non-hydrogen) atoms. The van der Waals surface area contributed by atoms with E-state index in [4.69, 9.17) is 4.74 Å². The molecule has 3 aromatic carbocycles. The van der Waals surface area contributed by atoms with Gasteiger partial charge < -0.3 is 15.0 Å². The first-order valence-electron chi connectivity index (χ1n) is 13.3. The largest absolute Gasteiger partial charge is 0.497 e. The summed E-state index contributed by atoms with van der Waals surface area (Å²) in [6.07, 6.45) is 0.742. The normalized spacial score (nSPS) is 12.8. The number of hydrogen-bond acceptors (Lipinski definition) is 5. The molecule has 0 bridgehead atoms. The summed E-state index contributed by atoms with van der Waals surface area (Å²) in [5, 5.41) is 2.94.